The van der Waals surface area contributed by atoms with E-state index in [2.05, 4.69) is 5.10 Å². The maximum atomic E-state index is 11.6. The summed E-state index contributed by atoms with van der Waals surface area (Å²) in [6.07, 6.45) is 1.70. The van der Waals surface area contributed by atoms with Gasteiger partial charge >= 0.3 is 12.0 Å². The van der Waals surface area contributed by atoms with Crippen LogP contribution in [0.2, 0.25) is 0 Å². The molecule has 0 atom stereocenters. The number of amides is 1. The van der Waals surface area contributed by atoms with Gasteiger partial charge in [0.1, 0.15) is 16.4 Å². The van der Waals surface area contributed by atoms with Crippen LogP contribution in [0.3, 0.4) is 0 Å². The summed E-state index contributed by atoms with van der Waals surface area (Å²) >= 11 is 1.18. The minimum atomic E-state index is -0.728. The van der Waals surface area contributed by atoms with Crippen molar-refractivity contribution in [3.8, 4) is 0 Å². The summed E-state index contributed by atoms with van der Waals surface area (Å²) in [5, 5.41) is 4.17. The van der Waals surface area contributed by atoms with Crippen LogP contribution in [0.4, 0.5) is 10.6 Å². The van der Waals surface area contributed by atoms with Crippen LogP contribution < -0.4 is 17.0 Å². The molecule has 0 saturated carbocycles. The highest BCUT2D eigenvalue weighted by Crippen LogP contribution is 2.25. The smallest absolute Gasteiger partial charge is 0.358 e. The quantitative estimate of drug-likeness (QED) is 0.225. The second kappa shape index (κ2) is 5.55. The van der Waals surface area contributed by atoms with Crippen molar-refractivity contribution < 1.29 is 14.3 Å². The molecule has 1 amide bonds. The summed E-state index contributed by atoms with van der Waals surface area (Å²) in [5.41, 5.74) is 7.61. The Balaban J connectivity index is 3.24. The SMILES string of the molecule is CCOC(=O)c1c(SC)nn(C(=O)NN)c1N. The molecule has 0 aliphatic carbocycles. The van der Waals surface area contributed by atoms with Crippen LogP contribution in [0.15, 0.2) is 5.03 Å². The van der Waals surface area contributed by atoms with Crippen molar-refractivity contribution in [2.75, 3.05) is 18.6 Å². The molecule has 1 aromatic rings. The van der Waals surface area contributed by atoms with Crippen molar-refractivity contribution in [3.05, 3.63) is 5.56 Å². The fourth-order valence-electron chi connectivity index (χ4n) is 1.16. The average molecular weight is 259 g/mol. The van der Waals surface area contributed by atoms with Crippen LogP contribution in [-0.4, -0.2) is 34.6 Å². The van der Waals surface area contributed by atoms with Crippen LogP contribution in [-0.2, 0) is 4.74 Å². The lowest BCUT2D eigenvalue weighted by Gasteiger charge is -2.02. The molecule has 0 fully saturated rings. The predicted octanol–water partition coefficient (Wildman–Crippen LogP) is -0.205. The maximum Gasteiger partial charge on any atom is 0.358 e. The molecule has 0 aromatic carbocycles. The molecule has 5 N–H and O–H groups in total. The largest absolute Gasteiger partial charge is 0.462 e. The summed E-state index contributed by atoms with van der Waals surface area (Å²) in [4.78, 5) is 23.0. The Morgan fingerprint density at radius 2 is 2.24 bits per heavy atom. The maximum absolute atomic E-state index is 11.6. The standard InChI is InChI=1S/C8H13N5O3S/c1-3-16-7(14)4-5(9)13(8(15)11-10)12-6(4)17-2/h3,9-10H2,1-2H3,(H,11,15). The van der Waals surface area contributed by atoms with Crippen molar-refractivity contribution in [1.29, 1.82) is 0 Å². The van der Waals surface area contributed by atoms with Gasteiger partial charge in [-0.1, -0.05) is 0 Å². The van der Waals surface area contributed by atoms with E-state index in [9.17, 15) is 9.59 Å². The summed E-state index contributed by atoms with van der Waals surface area (Å²) in [6, 6.07) is -0.728. The zero-order valence-corrected chi connectivity index (χ0v) is 10.2. The molecule has 0 bridgehead atoms. The molecule has 9 heteroatoms. The molecule has 0 aliphatic heterocycles. The Bertz CT molecular complexity index is 445. The minimum Gasteiger partial charge on any atom is -0.462 e. The summed E-state index contributed by atoms with van der Waals surface area (Å²) in [5.74, 6) is 4.25. The molecule has 1 aromatic heterocycles. The first-order valence-electron chi connectivity index (χ1n) is 4.67. The minimum absolute atomic E-state index is 0.0722. The lowest BCUT2D eigenvalue weighted by molar-refractivity contribution is 0.0523. The highest BCUT2D eigenvalue weighted by Gasteiger charge is 2.25. The molecule has 0 radical (unpaired) electrons. The molecule has 8 nitrogen and oxygen atoms in total. The van der Waals surface area contributed by atoms with Gasteiger partial charge in [0.15, 0.2) is 0 Å². The molecule has 0 unspecified atom stereocenters. The Morgan fingerprint density at radius 3 is 2.71 bits per heavy atom. The number of carbonyl (C=O) groups excluding carboxylic acids is 2. The number of thioether (sulfide) groups is 1. The molecule has 0 aliphatic rings. The number of hydrogen-bond acceptors (Lipinski definition) is 7. The third-order valence-electron chi connectivity index (χ3n) is 1.88. The van der Waals surface area contributed by atoms with Crippen molar-refractivity contribution in [1.82, 2.24) is 15.2 Å². The fourth-order valence-corrected chi connectivity index (χ4v) is 1.72. The van der Waals surface area contributed by atoms with E-state index in [1.54, 1.807) is 13.2 Å². The molecule has 94 valence electrons. The Labute approximate surface area is 102 Å². The molecule has 1 rings (SSSR count). The number of aromatic nitrogens is 2. The number of carbonyl (C=O) groups is 2. The monoisotopic (exact) mass is 259 g/mol. The van der Waals surface area contributed by atoms with E-state index >= 15 is 0 Å². The number of ether oxygens (including phenoxy) is 1. The number of esters is 1. The normalized spacial score (nSPS) is 10.1. The number of hydrogen-bond donors (Lipinski definition) is 3. The lowest BCUT2D eigenvalue weighted by Crippen LogP contribution is -2.35. The van der Waals surface area contributed by atoms with Gasteiger partial charge in [-0.3, -0.25) is 5.43 Å². The van der Waals surface area contributed by atoms with Gasteiger partial charge in [0.25, 0.3) is 0 Å². The molecule has 0 spiro atoms. The lowest BCUT2D eigenvalue weighted by atomic mass is 10.3. The van der Waals surface area contributed by atoms with E-state index in [4.69, 9.17) is 16.3 Å². The highest BCUT2D eigenvalue weighted by molar-refractivity contribution is 7.98. The number of nitrogens with two attached hydrogens (primary N) is 2. The highest BCUT2D eigenvalue weighted by atomic mass is 32.2. The Morgan fingerprint density at radius 1 is 1.59 bits per heavy atom. The van der Waals surface area contributed by atoms with Crippen molar-refractivity contribution in [2.45, 2.75) is 11.9 Å². The molecule has 1 heterocycles. The first-order valence-corrected chi connectivity index (χ1v) is 5.89. The molecular formula is C8H13N5O3S. The topological polar surface area (TPSA) is 125 Å². The van der Waals surface area contributed by atoms with E-state index in [1.807, 2.05) is 5.43 Å². The van der Waals surface area contributed by atoms with Gasteiger partial charge in [-0.15, -0.1) is 11.8 Å². The zero-order valence-electron chi connectivity index (χ0n) is 9.39. The predicted molar refractivity (Wildman–Crippen MR) is 62.5 cm³/mol. The van der Waals surface area contributed by atoms with Gasteiger partial charge in [-0.25, -0.2) is 15.4 Å². The second-order valence-corrected chi connectivity index (χ2v) is 3.65. The molecular weight excluding hydrogens is 246 g/mol. The average Bonchev–Trinajstić information content (AvgIpc) is 2.65. The first-order chi connectivity index (χ1) is 8.06. The molecule has 0 saturated heterocycles. The van der Waals surface area contributed by atoms with Crippen molar-refractivity contribution >= 4 is 29.6 Å². The third kappa shape index (κ3) is 2.50. The van der Waals surface area contributed by atoms with E-state index in [0.717, 1.165) is 4.68 Å². The van der Waals surface area contributed by atoms with Crippen molar-refractivity contribution in [3.63, 3.8) is 0 Å². The van der Waals surface area contributed by atoms with Gasteiger partial charge in [-0.05, 0) is 13.2 Å². The van der Waals surface area contributed by atoms with Gasteiger partial charge in [-0.2, -0.15) is 9.78 Å². The van der Waals surface area contributed by atoms with Gasteiger partial charge in [0.05, 0.1) is 6.61 Å². The van der Waals surface area contributed by atoms with Crippen LogP contribution in [0.5, 0.6) is 0 Å². The van der Waals surface area contributed by atoms with Crippen LogP contribution in [0.25, 0.3) is 0 Å². The van der Waals surface area contributed by atoms with Crippen LogP contribution in [0.1, 0.15) is 17.3 Å². The van der Waals surface area contributed by atoms with Crippen LogP contribution >= 0.6 is 11.8 Å². The van der Waals surface area contributed by atoms with Crippen molar-refractivity contribution in [2.24, 2.45) is 5.84 Å². The van der Waals surface area contributed by atoms with E-state index in [1.165, 1.54) is 11.8 Å². The van der Waals surface area contributed by atoms with E-state index in [0.29, 0.717) is 5.03 Å². The summed E-state index contributed by atoms with van der Waals surface area (Å²) in [7, 11) is 0. The summed E-state index contributed by atoms with van der Waals surface area (Å²) in [6.45, 7) is 1.88. The zero-order chi connectivity index (χ0) is 13.0. The van der Waals surface area contributed by atoms with Gasteiger partial charge in [0, 0.05) is 0 Å². The second-order valence-electron chi connectivity index (χ2n) is 2.85. The third-order valence-corrected chi connectivity index (χ3v) is 2.55. The Hall–Kier alpha value is -1.74. The number of nitrogens with zero attached hydrogens (tertiary/aromatic N) is 2. The number of anilines is 1. The van der Waals surface area contributed by atoms with Gasteiger partial charge in [0.2, 0.25) is 0 Å². The first kappa shape index (κ1) is 13.3. The van der Waals surface area contributed by atoms with E-state index in [-0.39, 0.29) is 18.0 Å². The molecule has 17 heavy (non-hydrogen) atoms. The number of rotatable bonds is 3. The summed E-state index contributed by atoms with van der Waals surface area (Å²) < 4.78 is 5.65. The van der Waals surface area contributed by atoms with Gasteiger partial charge < -0.3 is 10.5 Å². The Kier molecular flexibility index (Phi) is 4.35. The number of nitrogen functional groups attached to an aromatic ring is 2. The van der Waals surface area contributed by atoms with Crippen LogP contribution in [0, 0.1) is 0 Å². The number of hydrazine groups is 1. The fraction of sp³-hybridized carbons (Fsp3) is 0.375. The van der Waals surface area contributed by atoms with E-state index < -0.39 is 12.0 Å². The number of nitrogens with one attached hydrogen (secondary N) is 1.